The summed E-state index contributed by atoms with van der Waals surface area (Å²) in [5.41, 5.74) is 0.303. The Morgan fingerprint density at radius 2 is 1.80 bits per heavy atom. The van der Waals surface area contributed by atoms with Crippen LogP contribution in [0.5, 0.6) is 5.75 Å². The van der Waals surface area contributed by atoms with Crippen LogP contribution in [0, 0.1) is 6.92 Å². The summed E-state index contributed by atoms with van der Waals surface area (Å²) in [7, 11) is 1.21. The largest absolute Gasteiger partial charge is 0.503 e. The molecule has 0 aliphatic carbocycles. The van der Waals surface area contributed by atoms with E-state index >= 15 is 0 Å². The number of pyridine rings is 1. The van der Waals surface area contributed by atoms with E-state index in [2.05, 4.69) is 15.4 Å². The molecule has 2 aromatic rings. The first-order valence-corrected chi connectivity index (χ1v) is 10.9. The van der Waals surface area contributed by atoms with Crippen LogP contribution in [0.25, 0.3) is 0 Å². The van der Waals surface area contributed by atoms with Crippen molar-refractivity contribution in [3.63, 3.8) is 0 Å². The molecule has 0 bridgehead atoms. The van der Waals surface area contributed by atoms with E-state index in [1.807, 2.05) is 0 Å². The molecular weight excluding hydrogens is 458 g/mol. The fourth-order valence-electron chi connectivity index (χ4n) is 3.35. The number of rotatable bonds is 12. The Hall–Kier alpha value is -3.99. The minimum absolute atomic E-state index is 0.0944. The summed E-state index contributed by atoms with van der Waals surface area (Å²) < 4.78 is 5.76. The summed E-state index contributed by atoms with van der Waals surface area (Å²) in [4.78, 5) is 60.6. The number of amides is 2. The van der Waals surface area contributed by atoms with Crippen LogP contribution in [0.1, 0.15) is 29.8 Å². The number of aromatic nitrogens is 1. The lowest BCUT2D eigenvalue weighted by molar-refractivity contribution is -0.141. The Bertz CT molecular complexity index is 1130. The Labute approximate surface area is 201 Å². The zero-order valence-electron chi connectivity index (χ0n) is 19.6. The third kappa shape index (κ3) is 8.07. The molecule has 4 N–H and O–H groups in total. The van der Waals surface area contributed by atoms with Gasteiger partial charge in [-0.2, -0.15) is 0 Å². The predicted octanol–water partition coefficient (Wildman–Crippen LogP) is -0.279. The molecule has 0 saturated heterocycles. The molecule has 0 saturated carbocycles. The van der Waals surface area contributed by atoms with Crippen LogP contribution in [0.2, 0.25) is 0 Å². The second-order valence-electron chi connectivity index (χ2n) is 7.82. The molecule has 0 radical (unpaired) electrons. The van der Waals surface area contributed by atoms with Gasteiger partial charge in [0.1, 0.15) is 12.6 Å². The van der Waals surface area contributed by atoms with E-state index in [9.17, 15) is 34.2 Å². The lowest BCUT2D eigenvalue weighted by Gasteiger charge is -2.21. The molecule has 2 amide bonds. The van der Waals surface area contributed by atoms with Gasteiger partial charge in [-0.15, -0.1) is 0 Å². The van der Waals surface area contributed by atoms with Gasteiger partial charge in [0.15, 0.2) is 11.5 Å². The molecule has 11 nitrogen and oxygen atoms in total. The summed E-state index contributed by atoms with van der Waals surface area (Å²) in [5.74, 6) is -2.67. The number of carbonyl (C=O) groups is 4. The normalized spacial score (nSPS) is 11.4. The van der Waals surface area contributed by atoms with Crippen molar-refractivity contribution in [3.05, 3.63) is 63.6 Å². The van der Waals surface area contributed by atoms with Gasteiger partial charge < -0.3 is 30.2 Å². The molecule has 0 unspecified atom stereocenters. The fourth-order valence-corrected chi connectivity index (χ4v) is 3.35. The van der Waals surface area contributed by atoms with Gasteiger partial charge in [0.05, 0.1) is 32.4 Å². The van der Waals surface area contributed by atoms with E-state index in [4.69, 9.17) is 0 Å². The number of aliphatic hydroxyl groups excluding tert-OH is 1. The number of esters is 1. The molecule has 0 fully saturated rings. The number of hydrogen-bond donors (Lipinski definition) is 4. The number of methoxy groups -OCH3 is 1. The number of benzene rings is 1. The van der Waals surface area contributed by atoms with Crippen LogP contribution < -0.4 is 16.1 Å². The third-order valence-electron chi connectivity index (χ3n) is 5.32. The number of aliphatic hydroxyl groups is 1. The number of Topliss-reactive ketones (excluding diaryl/α,β-unsaturated/α-hetero) is 1. The van der Waals surface area contributed by atoms with Crippen LogP contribution in [0.4, 0.5) is 0 Å². The lowest BCUT2D eigenvalue weighted by atomic mass is 10.0. The maximum atomic E-state index is 12.8. The van der Waals surface area contributed by atoms with Gasteiger partial charge in [-0.3, -0.25) is 24.0 Å². The highest BCUT2D eigenvalue weighted by Gasteiger charge is 2.23. The summed E-state index contributed by atoms with van der Waals surface area (Å²) in [6, 6.07) is 8.92. The number of carbonyl (C=O) groups excluding carboxylic acids is 4. The first-order chi connectivity index (χ1) is 16.7. The summed E-state index contributed by atoms with van der Waals surface area (Å²) in [6.45, 7) is 0.201. The topological polar surface area (TPSA) is 164 Å². The Kier molecular flexibility index (Phi) is 10.2. The average molecular weight is 488 g/mol. The molecule has 2 rings (SSSR count). The van der Waals surface area contributed by atoms with E-state index in [0.29, 0.717) is 0 Å². The molecule has 11 heteroatoms. The van der Waals surface area contributed by atoms with Gasteiger partial charge in [0, 0.05) is 24.6 Å². The van der Waals surface area contributed by atoms with E-state index in [1.54, 1.807) is 30.3 Å². The Balaban J connectivity index is 2.13. The molecule has 1 atom stereocenters. The maximum absolute atomic E-state index is 12.8. The highest BCUT2D eigenvalue weighted by Crippen LogP contribution is 2.13. The van der Waals surface area contributed by atoms with Gasteiger partial charge >= 0.3 is 5.97 Å². The van der Waals surface area contributed by atoms with Crippen molar-refractivity contribution in [3.8, 4) is 5.75 Å². The number of aromatic hydroxyl groups is 1. The Morgan fingerprint density at radius 1 is 1.11 bits per heavy atom. The highest BCUT2D eigenvalue weighted by atomic mass is 16.5. The second-order valence-corrected chi connectivity index (χ2v) is 7.82. The molecule has 0 aliphatic rings. The van der Waals surface area contributed by atoms with E-state index in [0.717, 1.165) is 11.6 Å². The molecule has 0 aliphatic heterocycles. The smallest absolute Gasteiger partial charge is 0.305 e. The molecule has 35 heavy (non-hydrogen) atoms. The molecule has 1 aromatic carbocycles. The number of nitrogens with zero attached hydrogens (tertiary/aromatic N) is 1. The first-order valence-electron chi connectivity index (χ1n) is 10.9. The molecule has 0 spiro atoms. The zero-order chi connectivity index (χ0) is 26.0. The van der Waals surface area contributed by atoms with Crippen molar-refractivity contribution in [2.75, 3.05) is 13.7 Å². The van der Waals surface area contributed by atoms with Crippen molar-refractivity contribution in [1.29, 1.82) is 0 Å². The van der Waals surface area contributed by atoms with Crippen molar-refractivity contribution < 1.29 is 34.1 Å². The van der Waals surface area contributed by atoms with Crippen molar-refractivity contribution in [2.45, 2.75) is 45.4 Å². The number of hydrogen-bond acceptors (Lipinski definition) is 8. The summed E-state index contributed by atoms with van der Waals surface area (Å²) >= 11 is 0. The highest BCUT2D eigenvalue weighted by molar-refractivity contribution is 5.92. The number of ketones is 1. The average Bonchev–Trinajstić information content (AvgIpc) is 2.86. The number of ether oxygens (including phenoxy) is 1. The van der Waals surface area contributed by atoms with Crippen LogP contribution >= 0.6 is 0 Å². The van der Waals surface area contributed by atoms with Crippen LogP contribution in [0.15, 0.2) is 41.2 Å². The van der Waals surface area contributed by atoms with Gasteiger partial charge in [0.25, 0.3) is 0 Å². The van der Waals surface area contributed by atoms with Gasteiger partial charge in [0.2, 0.25) is 17.2 Å². The quantitative estimate of drug-likeness (QED) is 0.297. The van der Waals surface area contributed by atoms with Crippen LogP contribution in [-0.4, -0.2) is 58.0 Å². The van der Waals surface area contributed by atoms with Crippen LogP contribution in [-0.2, 0) is 43.5 Å². The van der Waals surface area contributed by atoms with E-state index in [-0.39, 0.29) is 49.5 Å². The molecule has 1 aromatic heterocycles. The van der Waals surface area contributed by atoms with E-state index < -0.39 is 41.6 Å². The Morgan fingerprint density at radius 3 is 2.43 bits per heavy atom. The van der Waals surface area contributed by atoms with Crippen molar-refractivity contribution >= 4 is 23.6 Å². The van der Waals surface area contributed by atoms with E-state index in [1.165, 1.54) is 18.6 Å². The third-order valence-corrected chi connectivity index (χ3v) is 5.32. The summed E-state index contributed by atoms with van der Waals surface area (Å²) in [6.07, 6.45) is -0.0636. The lowest BCUT2D eigenvalue weighted by Crippen LogP contribution is -2.50. The minimum Gasteiger partial charge on any atom is -0.503 e. The van der Waals surface area contributed by atoms with Crippen LogP contribution in [0.3, 0.4) is 0 Å². The van der Waals surface area contributed by atoms with Crippen molar-refractivity contribution in [2.24, 2.45) is 0 Å². The summed E-state index contributed by atoms with van der Waals surface area (Å²) in [5, 5.41) is 24.6. The molecule has 1 heterocycles. The SMILES string of the molecule is COC(=O)CCC(=O)CNC(=O)[C@H](Cc1ccccc1)NC(=O)Cn1c(CO)cc(=O)c(O)c1C. The molecular formula is C24H29N3O8. The van der Waals surface area contributed by atoms with Gasteiger partial charge in [-0.1, -0.05) is 30.3 Å². The van der Waals surface area contributed by atoms with Gasteiger partial charge in [-0.05, 0) is 12.5 Å². The maximum Gasteiger partial charge on any atom is 0.305 e. The predicted molar refractivity (Wildman–Crippen MR) is 124 cm³/mol. The fraction of sp³-hybridized carbons (Fsp3) is 0.375. The zero-order valence-corrected chi connectivity index (χ0v) is 19.6. The van der Waals surface area contributed by atoms with Crippen molar-refractivity contribution in [1.82, 2.24) is 15.2 Å². The standard InChI is InChI=1S/C24H29N3O8/c1-15-23(33)20(30)11-17(14-28)27(15)13-21(31)26-19(10-16-6-4-3-5-7-16)24(34)25-12-18(29)8-9-22(32)35-2/h3-7,11,19,28,33H,8-10,12-14H2,1-2H3,(H,25,34)(H,26,31)/t19-/m0/s1. The minimum atomic E-state index is -1.04. The number of nitrogens with one attached hydrogen (secondary N) is 2. The second kappa shape index (κ2) is 13.0. The van der Waals surface area contributed by atoms with Gasteiger partial charge in [-0.25, -0.2) is 0 Å². The monoisotopic (exact) mass is 487 g/mol. The first kappa shape index (κ1) is 27.3. The molecule has 188 valence electrons.